The molecule has 1 saturated heterocycles. The average Bonchev–Trinajstić information content (AvgIpc) is 2.77. The minimum Gasteiger partial charge on any atom is -0.353 e. The van der Waals surface area contributed by atoms with Crippen LogP contribution in [0.25, 0.3) is 0 Å². The zero-order valence-corrected chi connectivity index (χ0v) is 10.9. The molecule has 1 aromatic heterocycles. The van der Waals surface area contributed by atoms with Crippen molar-refractivity contribution in [2.45, 2.75) is 32.2 Å². The van der Waals surface area contributed by atoms with Crippen LogP contribution >= 0.6 is 15.9 Å². The lowest BCUT2D eigenvalue weighted by Gasteiger charge is -2.25. The fourth-order valence-electron chi connectivity index (χ4n) is 2.17. The zero-order valence-electron chi connectivity index (χ0n) is 9.28. The number of aromatic nitrogens is 2. The molecule has 2 rings (SSSR count). The Morgan fingerprint density at radius 2 is 2.50 bits per heavy atom. The van der Waals surface area contributed by atoms with Crippen molar-refractivity contribution in [3.8, 4) is 0 Å². The molecule has 1 unspecified atom stereocenters. The van der Waals surface area contributed by atoms with Gasteiger partial charge < -0.3 is 4.90 Å². The highest BCUT2D eigenvalue weighted by atomic mass is 79.9. The van der Waals surface area contributed by atoms with Gasteiger partial charge in [-0.05, 0) is 35.2 Å². The number of nitrogens with two attached hydrogens (primary N) is 1. The summed E-state index contributed by atoms with van der Waals surface area (Å²) in [6.45, 7) is 3.26. The van der Waals surface area contributed by atoms with Crippen LogP contribution in [0.15, 0.2) is 10.7 Å². The first-order valence-corrected chi connectivity index (χ1v) is 6.31. The van der Waals surface area contributed by atoms with Crippen LogP contribution in [0.1, 0.15) is 26.2 Å². The molecule has 0 saturated carbocycles. The Morgan fingerprint density at radius 3 is 3.19 bits per heavy atom. The van der Waals surface area contributed by atoms with Crippen molar-refractivity contribution in [2.75, 3.05) is 16.9 Å². The minimum atomic E-state index is 0.458. The van der Waals surface area contributed by atoms with E-state index in [0.717, 1.165) is 23.3 Å². The van der Waals surface area contributed by atoms with E-state index in [2.05, 4.69) is 43.1 Å². The minimum absolute atomic E-state index is 0.458. The molecule has 3 N–H and O–H groups in total. The first kappa shape index (κ1) is 11.6. The van der Waals surface area contributed by atoms with Gasteiger partial charge in [0.05, 0.1) is 4.47 Å². The number of rotatable bonds is 3. The second-order valence-electron chi connectivity index (χ2n) is 3.91. The standard InChI is InChI=1S/C10H16BrN5/c1-2-7-4-3-5-16(7)9-8(11)6-13-10(14-9)15-12/h6-7H,2-5,12H2,1H3,(H,13,14,15). The molecular formula is C10H16BrN5. The number of hydrogen-bond acceptors (Lipinski definition) is 5. The molecule has 88 valence electrons. The molecule has 5 nitrogen and oxygen atoms in total. The van der Waals surface area contributed by atoms with E-state index in [9.17, 15) is 0 Å². The van der Waals surface area contributed by atoms with E-state index in [-0.39, 0.29) is 0 Å². The first-order chi connectivity index (χ1) is 7.76. The smallest absolute Gasteiger partial charge is 0.239 e. The monoisotopic (exact) mass is 285 g/mol. The Hall–Kier alpha value is -0.880. The summed E-state index contributed by atoms with van der Waals surface area (Å²) in [5.41, 5.74) is 2.48. The Bertz CT molecular complexity index is 370. The number of nitrogen functional groups attached to an aromatic ring is 1. The van der Waals surface area contributed by atoms with Crippen molar-refractivity contribution in [3.63, 3.8) is 0 Å². The number of nitrogens with one attached hydrogen (secondary N) is 1. The van der Waals surface area contributed by atoms with E-state index in [1.807, 2.05) is 0 Å². The molecule has 1 aromatic rings. The Kier molecular flexibility index (Phi) is 3.60. The predicted octanol–water partition coefficient (Wildman–Crippen LogP) is 1.90. The quantitative estimate of drug-likeness (QED) is 0.656. The van der Waals surface area contributed by atoms with Crippen LogP contribution in [0, 0.1) is 0 Å². The summed E-state index contributed by atoms with van der Waals surface area (Å²) < 4.78 is 0.923. The van der Waals surface area contributed by atoms with Gasteiger partial charge in [-0.3, -0.25) is 5.43 Å². The van der Waals surface area contributed by atoms with E-state index in [1.165, 1.54) is 12.8 Å². The molecule has 0 spiro atoms. The highest BCUT2D eigenvalue weighted by Crippen LogP contribution is 2.31. The lowest BCUT2D eigenvalue weighted by molar-refractivity contribution is 0.639. The summed E-state index contributed by atoms with van der Waals surface area (Å²) in [5, 5.41) is 0. The zero-order chi connectivity index (χ0) is 11.5. The van der Waals surface area contributed by atoms with Gasteiger partial charge in [0.1, 0.15) is 5.82 Å². The third-order valence-corrected chi connectivity index (χ3v) is 3.53. The maximum Gasteiger partial charge on any atom is 0.239 e. The molecular weight excluding hydrogens is 270 g/mol. The molecule has 0 radical (unpaired) electrons. The lowest BCUT2D eigenvalue weighted by atomic mass is 10.2. The number of nitrogens with zero attached hydrogens (tertiary/aromatic N) is 3. The van der Waals surface area contributed by atoms with Gasteiger partial charge in [-0.2, -0.15) is 4.98 Å². The van der Waals surface area contributed by atoms with Gasteiger partial charge in [-0.1, -0.05) is 6.92 Å². The summed E-state index contributed by atoms with van der Waals surface area (Å²) in [6, 6.07) is 0.580. The summed E-state index contributed by atoms with van der Waals surface area (Å²) >= 11 is 3.49. The highest BCUT2D eigenvalue weighted by molar-refractivity contribution is 9.10. The van der Waals surface area contributed by atoms with Gasteiger partial charge in [-0.15, -0.1) is 0 Å². The van der Waals surface area contributed by atoms with Gasteiger partial charge >= 0.3 is 0 Å². The molecule has 16 heavy (non-hydrogen) atoms. The van der Waals surface area contributed by atoms with Crippen molar-refractivity contribution < 1.29 is 0 Å². The molecule has 1 atom stereocenters. The third kappa shape index (κ3) is 2.12. The van der Waals surface area contributed by atoms with Crippen molar-refractivity contribution in [3.05, 3.63) is 10.7 Å². The normalized spacial score (nSPS) is 20.2. The largest absolute Gasteiger partial charge is 0.353 e. The van der Waals surface area contributed by atoms with Gasteiger partial charge in [0, 0.05) is 18.8 Å². The highest BCUT2D eigenvalue weighted by Gasteiger charge is 2.25. The van der Waals surface area contributed by atoms with Gasteiger partial charge in [-0.25, -0.2) is 10.8 Å². The molecule has 2 heterocycles. The number of hydrazine groups is 1. The maximum absolute atomic E-state index is 5.33. The van der Waals surface area contributed by atoms with E-state index >= 15 is 0 Å². The summed E-state index contributed by atoms with van der Waals surface area (Å²) in [4.78, 5) is 10.8. The van der Waals surface area contributed by atoms with Gasteiger partial charge in [0.15, 0.2) is 0 Å². The summed E-state index contributed by atoms with van der Waals surface area (Å²) in [5.74, 6) is 6.72. The third-order valence-electron chi connectivity index (χ3n) is 2.98. The Labute approximate surface area is 104 Å². The van der Waals surface area contributed by atoms with Crippen LogP contribution in [0.4, 0.5) is 11.8 Å². The summed E-state index contributed by atoms with van der Waals surface area (Å²) in [6.07, 6.45) is 5.34. The topological polar surface area (TPSA) is 67.1 Å². The lowest BCUT2D eigenvalue weighted by Crippen LogP contribution is -2.30. The molecule has 1 aliphatic heterocycles. The van der Waals surface area contributed by atoms with Crippen molar-refractivity contribution >= 4 is 27.7 Å². The maximum atomic E-state index is 5.33. The fourth-order valence-corrected chi connectivity index (χ4v) is 2.59. The average molecular weight is 286 g/mol. The van der Waals surface area contributed by atoms with Crippen molar-refractivity contribution in [1.29, 1.82) is 0 Å². The van der Waals surface area contributed by atoms with Gasteiger partial charge in [0.25, 0.3) is 0 Å². The fraction of sp³-hybridized carbons (Fsp3) is 0.600. The first-order valence-electron chi connectivity index (χ1n) is 5.52. The molecule has 1 fully saturated rings. The second kappa shape index (κ2) is 4.97. The van der Waals surface area contributed by atoms with Crippen LogP contribution in [0.3, 0.4) is 0 Å². The van der Waals surface area contributed by atoms with E-state index in [1.54, 1.807) is 6.20 Å². The SMILES string of the molecule is CCC1CCCN1c1nc(NN)ncc1Br. The van der Waals surface area contributed by atoms with Crippen LogP contribution in [0.2, 0.25) is 0 Å². The predicted molar refractivity (Wildman–Crippen MR) is 68.2 cm³/mol. The molecule has 0 aromatic carbocycles. The van der Waals surface area contributed by atoms with E-state index in [0.29, 0.717) is 12.0 Å². The van der Waals surface area contributed by atoms with Crippen LogP contribution in [-0.2, 0) is 0 Å². The van der Waals surface area contributed by atoms with Crippen LogP contribution < -0.4 is 16.2 Å². The van der Waals surface area contributed by atoms with Crippen LogP contribution in [0.5, 0.6) is 0 Å². The second-order valence-corrected chi connectivity index (χ2v) is 4.76. The molecule has 0 bridgehead atoms. The van der Waals surface area contributed by atoms with Crippen LogP contribution in [-0.4, -0.2) is 22.6 Å². The summed E-state index contributed by atoms with van der Waals surface area (Å²) in [7, 11) is 0. The van der Waals surface area contributed by atoms with Crippen molar-refractivity contribution in [1.82, 2.24) is 9.97 Å². The Balaban J connectivity index is 2.31. The number of anilines is 2. The molecule has 0 amide bonds. The Morgan fingerprint density at radius 1 is 1.69 bits per heavy atom. The van der Waals surface area contributed by atoms with Crippen molar-refractivity contribution in [2.24, 2.45) is 5.84 Å². The number of halogens is 1. The molecule has 6 heteroatoms. The van der Waals surface area contributed by atoms with E-state index < -0.39 is 0 Å². The number of hydrogen-bond donors (Lipinski definition) is 2. The molecule has 1 aliphatic rings. The van der Waals surface area contributed by atoms with E-state index in [4.69, 9.17) is 5.84 Å². The molecule has 0 aliphatic carbocycles. The van der Waals surface area contributed by atoms with Gasteiger partial charge in [0.2, 0.25) is 5.95 Å².